The van der Waals surface area contributed by atoms with Gasteiger partial charge in [0.1, 0.15) is 0 Å². The summed E-state index contributed by atoms with van der Waals surface area (Å²) in [4.78, 5) is 2.64. The lowest BCUT2D eigenvalue weighted by molar-refractivity contribution is 0.113. The monoisotopic (exact) mass is 210 g/mol. The van der Waals surface area contributed by atoms with Crippen molar-refractivity contribution in [1.29, 1.82) is 0 Å². The van der Waals surface area contributed by atoms with Gasteiger partial charge >= 0.3 is 0 Å². The molecule has 0 amide bonds. The molecule has 2 nitrogen and oxygen atoms in total. The Morgan fingerprint density at radius 2 is 2.07 bits per heavy atom. The van der Waals surface area contributed by atoms with Crippen molar-refractivity contribution in [2.75, 3.05) is 19.6 Å². The van der Waals surface area contributed by atoms with Crippen molar-refractivity contribution in [3.8, 4) is 0 Å². The van der Waals surface area contributed by atoms with Gasteiger partial charge in [-0.1, -0.05) is 26.7 Å². The lowest BCUT2D eigenvalue weighted by Gasteiger charge is -2.39. The molecule has 0 radical (unpaired) electrons. The first-order chi connectivity index (χ1) is 6.95. The molecule has 1 atom stereocenters. The lowest BCUT2D eigenvalue weighted by Crippen LogP contribution is -2.51. The van der Waals surface area contributed by atoms with Crippen LogP contribution in [0.25, 0.3) is 0 Å². The molecule has 1 aliphatic heterocycles. The summed E-state index contributed by atoms with van der Waals surface area (Å²) in [6, 6.07) is 0. The van der Waals surface area contributed by atoms with Crippen LogP contribution in [0.3, 0.4) is 0 Å². The van der Waals surface area contributed by atoms with Gasteiger partial charge in [-0.25, -0.2) is 0 Å². The molecular weight excluding hydrogens is 184 g/mol. The van der Waals surface area contributed by atoms with Crippen LogP contribution in [0.4, 0.5) is 0 Å². The molecule has 2 fully saturated rings. The second-order valence-electron chi connectivity index (χ2n) is 6.68. The van der Waals surface area contributed by atoms with Crippen molar-refractivity contribution >= 4 is 0 Å². The molecule has 1 saturated carbocycles. The van der Waals surface area contributed by atoms with Gasteiger partial charge in [-0.2, -0.15) is 0 Å². The topological polar surface area (TPSA) is 29.3 Å². The van der Waals surface area contributed by atoms with Crippen molar-refractivity contribution in [2.24, 2.45) is 17.1 Å². The highest BCUT2D eigenvalue weighted by Crippen LogP contribution is 2.41. The van der Waals surface area contributed by atoms with Crippen LogP contribution in [0.2, 0.25) is 0 Å². The van der Waals surface area contributed by atoms with Gasteiger partial charge in [0.15, 0.2) is 0 Å². The summed E-state index contributed by atoms with van der Waals surface area (Å²) in [6.45, 7) is 10.4. The van der Waals surface area contributed by atoms with Crippen molar-refractivity contribution < 1.29 is 0 Å². The van der Waals surface area contributed by atoms with E-state index >= 15 is 0 Å². The third-order valence-electron chi connectivity index (χ3n) is 4.31. The molecular formula is C13H26N2. The molecule has 1 heterocycles. The molecule has 1 unspecified atom stereocenters. The second kappa shape index (κ2) is 3.74. The molecule has 0 aromatic heterocycles. The molecule has 1 aliphatic carbocycles. The molecule has 2 aliphatic rings. The van der Waals surface area contributed by atoms with Gasteiger partial charge < -0.3 is 5.73 Å². The van der Waals surface area contributed by atoms with Crippen LogP contribution in [0.1, 0.15) is 46.5 Å². The van der Waals surface area contributed by atoms with E-state index in [-0.39, 0.29) is 5.54 Å². The number of rotatable bonds is 4. The molecule has 0 aromatic rings. The van der Waals surface area contributed by atoms with E-state index in [2.05, 4.69) is 25.7 Å². The molecule has 2 heteroatoms. The van der Waals surface area contributed by atoms with Gasteiger partial charge in [-0.15, -0.1) is 0 Å². The van der Waals surface area contributed by atoms with Crippen molar-refractivity contribution in [3.05, 3.63) is 0 Å². The normalized spacial score (nSPS) is 30.4. The second-order valence-corrected chi connectivity index (χ2v) is 6.68. The summed E-state index contributed by atoms with van der Waals surface area (Å²) in [5.41, 5.74) is 6.78. The lowest BCUT2D eigenvalue weighted by atomic mass is 9.90. The largest absolute Gasteiger partial charge is 0.329 e. The fourth-order valence-corrected chi connectivity index (χ4v) is 2.86. The van der Waals surface area contributed by atoms with Gasteiger partial charge in [-0.3, -0.25) is 4.90 Å². The van der Waals surface area contributed by atoms with E-state index in [0.29, 0.717) is 5.41 Å². The SMILES string of the molecule is CC1(C)CCN(C(C)(CN)CC2CC2)C1. The van der Waals surface area contributed by atoms with Gasteiger partial charge in [0, 0.05) is 18.6 Å². The van der Waals surface area contributed by atoms with E-state index in [9.17, 15) is 0 Å². The Labute approximate surface area is 94.2 Å². The van der Waals surface area contributed by atoms with Gasteiger partial charge in [0.05, 0.1) is 0 Å². The molecule has 88 valence electrons. The Balaban J connectivity index is 1.99. The Hall–Kier alpha value is -0.0800. The predicted octanol–water partition coefficient (Wildman–Crippen LogP) is 2.24. The summed E-state index contributed by atoms with van der Waals surface area (Å²) in [5.74, 6) is 0.974. The first-order valence-corrected chi connectivity index (χ1v) is 6.40. The minimum atomic E-state index is 0.273. The average Bonchev–Trinajstić information content (AvgIpc) is 2.88. The van der Waals surface area contributed by atoms with Crippen LogP contribution in [0.5, 0.6) is 0 Å². The highest BCUT2D eigenvalue weighted by Gasteiger charge is 2.42. The van der Waals surface area contributed by atoms with E-state index in [1.807, 2.05) is 0 Å². The van der Waals surface area contributed by atoms with Gasteiger partial charge in [0.25, 0.3) is 0 Å². The maximum atomic E-state index is 6.01. The van der Waals surface area contributed by atoms with Crippen LogP contribution in [-0.2, 0) is 0 Å². The number of hydrogen-bond acceptors (Lipinski definition) is 2. The predicted molar refractivity (Wildman–Crippen MR) is 64.8 cm³/mol. The minimum absolute atomic E-state index is 0.273. The van der Waals surface area contributed by atoms with Crippen molar-refractivity contribution in [3.63, 3.8) is 0 Å². The summed E-state index contributed by atoms with van der Waals surface area (Å²) in [6.07, 6.45) is 5.52. The summed E-state index contributed by atoms with van der Waals surface area (Å²) in [7, 11) is 0. The van der Waals surface area contributed by atoms with Crippen molar-refractivity contribution in [2.45, 2.75) is 52.0 Å². The molecule has 2 N–H and O–H groups in total. The Bertz CT molecular complexity index is 233. The van der Waals surface area contributed by atoms with Crippen LogP contribution >= 0.6 is 0 Å². The molecule has 0 spiro atoms. The maximum Gasteiger partial charge on any atom is 0.0306 e. The van der Waals surface area contributed by atoms with Crippen LogP contribution in [0, 0.1) is 11.3 Å². The number of likely N-dealkylation sites (tertiary alicyclic amines) is 1. The third kappa shape index (κ3) is 2.54. The molecule has 15 heavy (non-hydrogen) atoms. The highest BCUT2D eigenvalue weighted by atomic mass is 15.2. The standard InChI is InChI=1S/C13H26N2/c1-12(2)6-7-15(10-12)13(3,9-14)8-11-4-5-11/h11H,4-10,14H2,1-3H3. The van der Waals surface area contributed by atoms with E-state index in [4.69, 9.17) is 5.73 Å². The zero-order valence-electron chi connectivity index (χ0n) is 10.6. The Morgan fingerprint density at radius 3 is 2.47 bits per heavy atom. The fraction of sp³-hybridized carbons (Fsp3) is 1.00. The summed E-state index contributed by atoms with van der Waals surface area (Å²) in [5, 5.41) is 0. The van der Waals surface area contributed by atoms with E-state index in [0.717, 1.165) is 12.5 Å². The van der Waals surface area contributed by atoms with Crippen LogP contribution in [0.15, 0.2) is 0 Å². The Kier molecular flexibility index (Phi) is 2.85. The third-order valence-corrected chi connectivity index (χ3v) is 4.31. The molecule has 0 aromatic carbocycles. The Morgan fingerprint density at radius 1 is 1.40 bits per heavy atom. The van der Waals surface area contributed by atoms with Crippen molar-refractivity contribution in [1.82, 2.24) is 4.90 Å². The zero-order chi connectivity index (χ0) is 11.1. The maximum absolute atomic E-state index is 6.01. The van der Waals surface area contributed by atoms with E-state index < -0.39 is 0 Å². The molecule has 0 bridgehead atoms. The summed E-state index contributed by atoms with van der Waals surface area (Å²) >= 11 is 0. The number of hydrogen-bond donors (Lipinski definition) is 1. The number of nitrogens with two attached hydrogens (primary N) is 1. The van der Waals surface area contributed by atoms with Crippen LogP contribution in [-0.4, -0.2) is 30.1 Å². The number of nitrogens with zero attached hydrogens (tertiary/aromatic N) is 1. The summed E-state index contributed by atoms with van der Waals surface area (Å²) < 4.78 is 0. The quantitative estimate of drug-likeness (QED) is 0.771. The molecule has 2 rings (SSSR count). The average molecular weight is 210 g/mol. The van der Waals surface area contributed by atoms with Gasteiger partial charge in [-0.05, 0) is 37.6 Å². The van der Waals surface area contributed by atoms with E-state index in [1.54, 1.807) is 0 Å². The van der Waals surface area contributed by atoms with Crippen LogP contribution < -0.4 is 5.73 Å². The minimum Gasteiger partial charge on any atom is -0.329 e. The molecule has 1 saturated heterocycles. The first kappa shape index (κ1) is 11.4. The van der Waals surface area contributed by atoms with Gasteiger partial charge in [0.2, 0.25) is 0 Å². The zero-order valence-corrected chi connectivity index (χ0v) is 10.6. The first-order valence-electron chi connectivity index (χ1n) is 6.40. The smallest absolute Gasteiger partial charge is 0.0306 e. The highest BCUT2D eigenvalue weighted by molar-refractivity contribution is 4.97. The van der Waals surface area contributed by atoms with E-state index in [1.165, 1.54) is 38.8 Å². The fourth-order valence-electron chi connectivity index (χ4n) is 2.86.